The fraction of sp³-hybridized carbons (Fsp3) is 0.914. The summed E-state index contributed by atoms with van der Waals surface area (Å²) in [6.45, 7) is 20.8. The van der Waals surface area contributed by atoms with Gasteiger partial charge in [-0.1, -0.05) is 61.0 Å². The van der Waals surface area contributed by atoms with E-state index in [0.29, 0.717) is 34.5 Å². The van der Waals surface area contributed by atoms with Gasteiger partial charge in [0.1, 0.15) is 6.61 Å². The van der Waals surface area contributed by atoms with Gasteiger partial charge in [0.15, 0.2) is 0 Å². The molecule has 0 heterocycles. The van der Waals surface area contributed by atoms with Gasteiger partial charge >= 0.3 is 5.97 Å². The molecule has 0 aromatic heterocycles. The zero-order chi connectivity index (χ0) is 30.7. The van der Waals surface area contributed by atoms with Crippen molar-refractivity contribution in [3.05, 3.63) is 12.7 Å². The van der Waals surface area contributed by atoms with Crippen LogP contribution in [0.1, 0.15) is 126 Å². The Hall–Kier alpha value is -0.910. The van der Waals surface area contributed by atoms with E-state index >= 15 is 0 Å². The first kappa shape index (κ1) is 37.1. The van der Waals surface area contributed by atoms with Crippen LogP contribution in [0.25, 0.3) is 0 Å². The first-order valence-electron chi connectivity index (χ1n) is 16.7. The normalized spacial score (nSPS) is 42.4. The Morgan fingerprint density at radius 1 is 0.875 bits per heavy atom. The number of rotatable bonds is 3. The first-order valence-corrected chi connectivity index (χ1v) is 16.7. The number of carbonyl (C=O) groups is 1. The van der Waals surface area contributed by atoms with E-state index in [1.165, 1.54) is 44.9 Å². The standard InChI is InChI=1S/C27H44O4.C3H6.2C2H6.CH4O/c1-17-19-8-12-26(3)20-9-14-27(24(30)31-16-15-28)11-4-5-21(27)18(20)6-7-23(26)25(19,2)13-10-22(17)29;1-3-2;3*1-2/h17-23,28-29H,4-16H2,1-3H3;3H,1H2,2H3;2*1-2H3;2H,1H3. The molecule has 0 spiro atoms. The van der Waals surface area contributed by atoms with Crippen LogP contribution in [0, 0.1) is 51.8 Å². The van der Waals surface area contributed by atoms with Crippen molar-refractivity contribution < 1.29 is 24.9 Å². The number of hydrogen-bond acceptors (Lipinski definition) is 5. The molecule has 5 rings (SSSR count). The molecule has 10 atom stereocenters. The second-order valence-electron chi connectivity index (χ2n) is 13.0. The van der Waals surface area contributed by atoms with Crippen LogP contribution < -0.4 is 0 Å². The molecule has 236 valence electrons. The van der Waals surface area contributed by atoms with Gasteiger partial charge in [-0.05, 0) is 117 Å². The second-order valence-corrected chi connectivity index (χ2v) is 13.0. The molecule has 3 N–H and O–H groups in total. The maximum Gasteiger partial charge on any atom is 0.312 e. The van der Waals surface area contributed by atoms with Crippen LogP contribution in [0.2, 0.25) is 0 Å². The molecule has 5 saturated carbocycles. The Bertz CT molecular complexity index is 754. The van der Waals surface area contributed by atoms with Gasteiger partial charge in [-0.25, -0.2) is 0 Å². The summed E-state index contributed by atoms with van der Waals surface area (Å²) in [6.07, 6.45) is 14.4. The summed E-state index contributed by atoms with van der Waals surface area (Å²) in [6, 6.07) is 0. The molecule has 0 bridgehead atoms. The van der Waals surface area contributed by atoms with Crippen molar-refractivity contribution in [1.82, 2.24) is 0 Å². The van der Waals surface area contributed by atoms with E-state index < -0.39 is 0 Å². The van der Waals surface area contributed by atoms with Crippen LogP contribution in [-0.4, -0.2) is 47.7 Å². The van der Waals surface area contributed by atoms with Crippen molar-refractivity contribution in [2.24, 2.45) is 51.8 Å². The summed E-state index contributed by atoms with van der Waals surface area (Å²) in [5.74, 6) is 3.70. The molecule has 0 saturated heterocycles. The maximum atomic E-state index is 13.1. The molecular weight excluding hydrogens is 500 g/mol. The summed E-state index contributed by atoms with van der Waals surface area (Å²) in [7, 11) is 1.00. The first-order chi connectivity index (χ1) is 19.2. The molecule has 10 unspecified atom stereocenters. The van der Waals surface area contributed by atoms with E-state index in [2.05, 4.69) is 27.4 Å². The summed E-state index contributed by atoms with van der Waals surface area (Å²) in [4.78, 5) is 13.1. The second kappa shape index (κ2) is 16.7. The average Bonchev–Trinajstić information content (AvgIpc) is 3.43. The number of aliphatic hydroxyl groups excluding tert-OH is 3. The monoisotopic (exact) mass is 566 g/mol. The van der Waals surface area contributed by atoms with Crippen molar-refractivity contribution in [1.29, 1.82) is 0 Å². The molecule has 5 heteroatoms. The van der Waals surface area contributed by atoms with Crippen LogP contribution in [0.5, 0.6) is 0 Å². The lowest BCUT2D eigenvalue weighted by Crippen LogP contribution is -2.61. The predicted octanol–water partition coefficient (Wildman–Crippen LogP) is 7.81. The van der Waals surface area contributed by atoms with Gasteiger partial charge in [0.05, 0.1) is 18.1 Å². The average molecular weight is 567 g/mol. The molecule has 5 nitrogen and oxygen atoms in total. The predicted molar refractivity (Wildman–Crippen MR) is 167 cm³/mol. The minimum absolute atomic E-state index is 0.0134. The number of fused-ring (bicyclic) bond motifs is 7. The number of hydrogen-bond donors (Lipinski definition) is 3. The molecule has 0 aliphatic heterocycles. The molecule has 5 aliphatic carbocycles. The molecule has 40 heavy (non-hydrogen) atoms. The Balaban J connectivity index is 0.000000804. The fourth-order valence-corrected chi connectivity index (χ4v) is 10.5. The van der Waals surface area contributed by atoms with Crippen LogP contribution in [0.15, 0.2) is 12.7 Å². The van der Waals surface area contributed by atoms with Gasteiger partial charge in [-0.15, -0.1) is 6.58 Å². The van der Waals surface area contributed by atoms with Gasteiger partial charge < -0.3 is 20.1 Å². The fourth-order valence-electron chi connectivity index (χ4n) is 10.5. The minimum atomic E-state index is -0.274. The number of aliphatic hydroxyl groups is 3. The van der Waals surface area contributed by atoms with Gasteiger partial charge in [-0.3, -0.25) is 4.79 Å². The van der Waals surface area contributed by atoms with Crippen molar-refractivity contribution in [3.8, 4) is 0 Å². The van der Waals surface area contributed by atoms with E-state index in [-0.39, 0.29) is 30.7 Å². The number of ether oxygens (including phenoxy) is 1. The molecule has 5 aliphatic rings. The van der Waals surface area contributed by atoms with Gasteiger partial charge in [0.2, 0.25) is 0 Å². The van der Waals surface area contributed by atoms with Crippen LogP contribution in [0.3, 0.4) is 0 Å². The molecule has 0 amide bonds. The van der Waals surface area contributed by atoms with E-state index in [1.54, 1.807) is 6.08 Å². The Labute approximate surface area is 247 Å². The van der Waals surface area contributed by atoms with Crippen molar-refractivity contribution in [3.63, 3.8) is 0 Å². The van der Waals surface area contributed by atoms with Crippen molar-refractivity contribution in [2.45, 2.75) is 132 Å². The van der Waals surface area contributed by atoms with E-state index in [4.69, 9.17) is 14.9 Å². The summed E-state index contributed by atoms with van der Waals surface area (Å²) in [5.41, 5.74) is 0.463. The smallest absolute Gasteiger partial charge is 0.312 e. The largest absolute Gasteiger partial charge is 0.463 e. The topological polar surface area (TPSA) is 87.0 Å². The van der Waals surface area contributed by atoms with Gasteiger partial charge in [0.25, 0.3) is 0 Å². The lowest BCUT2D eigenvalue weighted by Gasteiger charge is -2.67. The van der Waals surface area contributed by atoms with Crippen molar-refractivity contribution in [2.75, 3.05) is 20.3 Å². The summed E-state index contributed by atoms with van der Waals surface area (Å²) in [5, 5.41) is 26.7. The third-order valence-electron chi connectivity index (χ3n) is 11.8. The third kappa shape index (κ3) is 6.67. The summed E-state index contributed by atoms with van der Waals surface area (Å²) >= 11 is 0. The highest BCUT2D eigenvalue weighted by Crippen LogP contribution is 2.71. The zero-order valence-electron chi connectivity index (χ0n) is 27.7. The number of carbonyl (C=O) groups excluding carboxylic acids is 1. The SMILES string of the molecule is C=CC.CC.CC.CC1C(O)CCC2(C)C1CCC1(C)C3CCC4(C(=O)OCCO)CCCC4C3CCC21.CO. The van der Waals surface area contributed by atoms with E-state index in [9.17, 15) is 9.90 Å². The summed E-state index contributed by atoms with van der Waals surface area (Å²) < 4.78 is 5.54. The Morgan fingerprint density at radius 3 is 2.02 bits per heavy atom. The minimum Gasteiger partial charge on any atom is -0.463 e. The van der Waals surface area contributed by atoms with E-state index in [0.717, 1.165) is 44.6 Å². The highest BCUT2D eigenvalue weighted by Gasteiger charge is 2.66. The lowest BCUT2D eigenvalue weighted by molar-refractivity contribution is -0.201. The molecule has 5 fully saturated rings. The molecule has 0 aromatic carbocycles. The van der Waals surface area contributed by atoms with Crippen molar-refractivity contribution >= 4 is 5.97 Å². The number of esters is 1. The van der Waals surface area contributed by atoms with E-state index in [1.807, 2.05) is 34.6 Å². The third-order valence-corrected chi connectivity index (χ3v) is 11.8. The Kier molecular flexibility index (Phi) is 15.5. The van der Waals surface area contributed by atoms with Gasteiger partial charge in [0, 0.05) is 7.11 Å². The Morgan fingerprint density at radius 2 is 1.43 bits per heavy atom. The zero-order valence-corrected chi connectivity index (χ0v) is 27.7. The highest BCUT2D eigenvalue weighted by molar-refractivity contribution is 5.78. The van der Waals surface area contributed by atoms with Crippen LogP contribution in [-0.2, 0) is 9.53 Å². The van der Waals surface area contributed by atoms with Crippen LogP contribution >= 0.6 is 0 Å². The molecule has 0 radical (unpaired) electrons. The molecular formula is C35H66O5. The van der Waals surface area contributed by atoms with Crippen LogP contribution in [0.4, 0.5) is 0 Å². The highest BCUT2D eigenvalue weighted by atomic mass is 16.5. The molecule has 0 aromatic rings. The number of allylic oxidation sites excluding steroid dienone is 1. The van der Waals surface area contributed by atoms with Gasteiger partial charge in [-0.2, -0.15) is 0 Å². The maximum absolute atomic E-state index is 13.1. The lowest BCUT2D eigenvalue weighted by atomic mass is 9.37. The quantitative estimate of drug-likeness (QED) is 0.240.